The number of methoxy groups -OCH3 is 1. The Morgan fingerprint density at radius 3 is 2.10 bits per heavy atom. The molecule has 120 valence electrons. The van der Waals surface area contributed by atoms with Crippen LogP contribution in [0.15, 0.2) is 29.2 Å². The fraction of sp³-hybridized carbons (Fsp3) is 0.462. The van der Waals surface area contributed by atoms with E-state index in [2.05, 4.69) is 4.74 Å². The zero-order valence-corrected chi connectivity index (χ0v) is 13.4. The van der Waals surface area contributed by atoms with Gasteiger partial charge in [0.25, 0.3) is 0 Å². The first-order chi connectivity index (χ1) is 9.08. The van der Waals surface area contributed by atoms with E-state index in [1.54, 1.807) is 13.8 Å². The number of ether oxygens (including phenoxy) is 1. The zero-order valence-electron chi connectivity index (χ0n) is 11.7. The summed E-state index contributed by atoms with van der Waals surface area (Å²) in [5.74, 6) is -0.473. The highest BCUT2D eigenvalue weighted by atomic mass is 35.5. The number of esters is 1. The number of benzene rings is 1. The number of thioether (sulfide) groups is 1. The van der Waals surface area contributed by atoms with Gasteiger partial charge in [-0.1, -0.05) is 12.1 Å². The highest BCUT2D eigenvalue weighted by Gasteiger charge is 2.36. The first kappa shape index (κ1) is 20.1. The van der Waals surface area contributed by atoms with Crippen LogP contribution in [-0.2, 0) is 9.53 Å². The molecule has 0 aromatic heterocycles. The minimum absolute atomic E-state index is 0. The number of alkyl halides is 3. The Hall–Kier alpha value is -0.920. The Morgan fingerprint density at radius 2 is 1.71 bits per heavy atom. The van der Waals surface area contributed by atoms with Gasteiger partial charge in [-0.05, 0) is 43.3 Å². The smallest absolute Gasteiger partial charge is 0.446 e. The molecule has 0 bridgehead atoms. The Labute approximate surface area is 131 Å². The van der Waals surface area contributed by atoms with Crippen molar-refractivity contribution < 1.29 is 22.7 Å². The second kappa shape index (κ2) is 7.38. The molecule has 1 rings (SSSR count). The van der Waals surface area contributed by atoms with Crippen LogP contribution < -0.4 is 5.73 Å². The molecule has 3 nitrogen and oxygen atoms in total. The molecule has 0 aliphatic rings. The van der Waals surface area contributed by atoms with Crippen LogP contribution in [-0.4, -0.2) is 18.6 Å². The predicted molar refractivity (Wildman–Crippen MR) is 78.3 cm³/mol. The molecule has 21 heavy (non-hydrogen) atoms. The number of carbonyl (C=O) groups excluding carboxylic acids is 1. The van der Waals surface area contributed by atoms with Crippen molar-refractivity contribution in [1.82, 2.24) is 0 Å². The summed E-state index contributed by atoms with van der Waals surface area (Å²) >= 11 is -0.193. The minimum Gasteiger partial charge on any atom is -0.469 e. The van der Waals surface area contributed by atoms with Crippen LogP contribution in [0.25, 0.3) is 0 Å². The summed E-state index contributed by atoms with van der Waals surface area (Å²) in [5.41, 5.74) is 1.28. The third kappa shape index (κ3) is 5.41. The maximum Gasteiger partial charge on any atom is 0.446 e. The monoisotopic (exact) mass is 343 g/mol. The third-order valence-corrected chi connectivity index (χ3v) is 3.70. The quantitative estimate of drug-likeness (QED) is 0.665. The highest BCUT2D eigenvalue weighted by Crippen LogP contribution is 2.38. The molecule has 1 aromatic rings. The van der Waals surface area contributed by atoms with Gasteiger partial charge in [-0.3, -0.25) is 4.79 Å². The second-order valence-electron chi connectivity index (χ2n) is 4.81. The molecule has 8 heteroatoms. The molecule has 1 atom stereocenters. The Bertz CT molecular complexity index is 477. The number of nitrogens with two attached hydrogens (primary N) is 1. The topological polar surface area (TPSA) is 52.3 Å². The Balaban J connectivity index is 0.00000400. The maximum absolute atomic E-state index is 12.2. The molecule has 0 unspecified atom stereocenters. The van der Waals surface area contributed by atoms with E-state index in [1.807, 2.05) is 0 Å². The molecule has 1 aromatic carbocycles. The lowest BCUT2D eigenvalue weighted by Crippen LogP contribution is -2.37. The van der Waals surface area contributed by atoms with Crippen molar-refractivity contribution in [3.05, 3.63) is 29.8 Å². The first-order valence-corrected chi connectivity index (χ1v) is 6.59. The Kier molecular flexibility index (Phi) is 7.05. The van der Waals surface area contributed by atoms with Gasteiger partial charge in [0.1, 0.15) is 0 Å². The lowest BCUT2D eigenvalue weighted by molar-refractivity contribution is -0.152. The molecule has 0 amide bonds. The number of halogens is 4. The van der Waals surface area contributed by atoms with Crippen LogP contribution >= 0.6 is 24.2 Å². The van der Waals surface area contributed by atoms with E-state index in [-0.39, 0.29) is 29.1 Å². The highest BCUT2D eigenvalue weighted by molar-refractivity contribution is 8.00. The van der Waals surface area contributed by atoms with Gasteiger partial charge in [-0.25, -0.2) is 0 Å². The fourth-order valence-corrected chi connectivity index (χ4v) is 2.22. The number of hydrogen-bond donors (Lipinski definition) is 1. The molecular weight excluding hydrogens is 327 g/mol. The van der Waals surface area contributed by atoms with E-state index in [1.165, 1.54) is 31.4 Å². The van der Waals surface area contributed by atoms with Crippen molar-refractivity contribution in [3.8, 4) is 0 Å². The normalized spacial score (nSPS) is 13.3. The van der Waals surface area contributed by atoms with Gasteiger partial charge in [0.15, 0.2) is 0 Å². The third-order valence-electron chi connectivity index (χ3n) is 2.96. The van der Waals surface area contributed by atoms with E-state index < -0.39 is 22.9 Å². The number of rotatable bonds is 4. The van der Waals surface area contributed by atoms with Gasteiger partial charge >= 0.3 is 11.5 Å². The molecule has 0 aliphatic heterocycles. The summed E-state index contributed by atoms with van der Waals surface area (Å²) in [4.78, 5) is 11.7. The Morgan fingerprint density at radius 1 is 1.24 bits per heavy atom. The largest absolute Gasteiger partial charge is 0.469 e. The van der Waals surface area contributed by atoms with Crippen LogP contribution in [0.4, 0.5) is 13.2 Å². The van der Waals surface area contributed by atoms with E-state index in [0.717, 1.165) is 0 Å². The summed E-state index contributed by atoms with van der Waals surface area (Å²) in [7, 11) is 1.26. The molecule has 0 saturated heterocycles. The van der Waals surface area contributed by atoms with E-state index >= 15 is 0 Å². The minimum atomic E-state index is -4.32. The van der Waals surface area contributed by atoms with Crippen molar-refractivity contribution in [2.45, 2.75) is 30.3 Å². The molecular formula is C13H17ClF3NO2S. The summed E-state index contributed by atoms with van der Waals surface area (Å²) in [5, 5.41) is 0. The van der Waals surface area contributed by atoms with Crippen LogP contribution in [0, 0.1) is 5.41 Å². The average molecular weight is 344 g/mol. The van der Waals surface area contributed by atoms with E-state index in [4.69, 9.17) is 5.73 Å². The lowest BCUT2D eigenvalue weighted by atomic mass is 9.81. The standard InChI is InChI=1S/C13H16F3NO2S.ClH/c1-12(2,11(18)19-3)10(17)8-4-6-9(7-5-8)20-13(14,15)16;/h4-7,10H,17H2,1-3H3;1H/t10-;/m1./s1. The van der Waals surface area contributed by atoms with Gasteiger partial charge in [-0.2, -0.15) is 13.2 Å². The zero-order chi connectivity index (χ0) is 15.6. The van der Waals surface area contributed by atoms with Gasteiger partial charge in [0.2, 0.25) is 0 Å². The summed E-state index contributed by atoms with van der Waals surface area (Å²) in [6, 6.07) is 4.98. The molecule has 0 aliphatic carbocycles. The molecule has 0 saturated carbocycles. The van der Waals surface area contributed by atoms with Crippen molar-refractivity contribution in [2.75, 3.05) is 7.11 Å². The van der Waals surface area contributed by atoms with Crippen LogP contribution in [0.1, 0.15) is 25.5 Å². The second-order valence-corrected chi connectivity index (χ2v) is 5.95. The molecule has 0 radical (unpaired) electrons. The van der Waals surface area contributed by atoms with Gasteiger partial charge in [0.05, 0.1) is 12.5 Å². The van der Waals surface area contributed by atoms with Crippen molar-refractivity contribution >= 4 is 30.1 Å². The van der Waals surface area contributed by atoms with Crippen molar-refractivity contribution in [1.29, 1.82) is 0 Å². The fourth-order valence-electron chi connectivity index (χ4n) is 1.68. The van der Waals surface area contributed by atoms with Crippen molar-refractivity contribution in [2.24, 2.45) is 11.1 Å². The summed E-state index contributed by atoms with van der Waals surface area (Å²) < 4.78 is 41.3. The van der Waals surface area contributed by atoms with E-state index in [0.29, 0.717) is 5.56 Å². The lowest BCUT2D eigenvalue weighted by Gasteiger charge is -2.29. The van der Waals surface area contributed by atoms with Gasteiger partial charge in [0, 0.05) is 10.9 Å². The summed E-state index contributed by atoms with van der Waals surface area (Å²) in [6.45, 7) is 3.25. The molecule has 0 spiro atoms. The average Bonchev–Trinajstić information content (AvgIpc) is 2.35. The summed E-state index contributed by atoms with van der Waals surface area (Å²) in [6.07, 6.45) is 0. The number of carbonyl (C=O) groups is 1. The van der Waals surface area contributed by atoms with Gasteiger partial charge < -0.3 is 10.5 Å². The maximum atomic E-state index is 12.2. The van der Waals surface area contributed by atoms with Gasteiger partial charge in [-0.15, -0.1) is 12.4 Å². The molecule has 0 fully saturated rings. The SMILES string of the molecule is COC(=O)C(C)(C)[C@H](N)c1ccc(SC(F)(F)F)cc1.Cl. The van der Waals surface area contributed by atoms with Crippen LogP contribution in [0.5, 0.6) is 0 Å². The molecule has 0 heterocycles. The molecule has 2 N–H and O–H groups in total. The van der Waals surface area contributed by atoms with E-state index in [9.17, 15) is 18.0 Å². The van der Waals surface area contributed by atoms with Crippen LogP contribution in [0.2, 0.25) is 0 Å². The first-order valence-electron chi connectivity index (χ1n) is 5.77. The number of hydrogen-bond acceptors (Lipinski definition) is 4. The van der Waals surface area contributed by atoms with Crippen LogP contribution in [0.3, 0.4) is 0 Å². The van der Waals surface area contributed by atoms with Crippen molar-refractivity contribution in [3.63, 3.8) is 0 Å². The predicted octanol–water partition coefficient (Wildman–Crippen LogP) is 3.92.